The van der Waals surface area contributed by atoms with Crippen molar-refractivity contribution in [2.75, 3.05) is 0 Å². The number of urea groups is 2. The number of nitrogens with two attached hydrogens (primary N) is 2. The van der Waals surface area contributed by atoms with Crippen molar-refractivity contribution >= 4 is 12.1 Å². The third-order valence-electron chi connectivity index (χ3n) is 0.975. The fourth-order valence-corrected chi connectivity index (χ4v) is 0.630. The molecular formula is C6H12N4O2. The lowest BCUT2D eigenvalue weighted by atomic mass is 10.3. The van der Waals surface area contributed by atoms with E-state index in [1.807, 2.05) is 0 Å². The molecule has 4 amide bonds. The van der Waals surface area contributed by atoms with Gasteiger partial charge in [-0.1, -0.05) is 6.92 Å². The maximum atomic E-state index is 10.3. The predicted octanol–water partition coefficient (Wildman–Crippen LogP) is -0.573. The number of primary amides is 2. The highest BCUT2D eigenvalue weighted by molar-refractivity contribution is 5.76. The third-order valence-corrected chi connectivity index (χ3v) is 0.975. The summed E-state index contributed by atoms with van der Waals surface area (Å²) < 4.78 is 0. The number of amides is 4. The molecule has 0 fully saturated rings. The van der Waals surface area contributed by atoms with Gasteiger partial charge in [-0.25, -0.2) is 9.59 Å². The Morgan fingerprint density at radius 3 is 1.83 bits per heavy atom. The molecule has 0 aromatic rings. The lowest BCUT2D eigenvalue weighted by Gasteiger charge is -2.14. The van der Waals surface area contributed by atoms with Gasteiger partial charge in [-0.2, -0.15) is 0 Å². The number of carbonyl (C=O) groups is 2. The molecule has 0 aliphatic carbocycles. The van der Waals surface area contributed by atoms with Crippen LogP contribution < -0.4 is 22.1 Å². The Morgan fingerprint density at radius 1 is 1.17 bits per heavy atom. The molecule has 0 unspecified atom stereocenters. The van der Waals surface area contributed by atoms with Crippen molar-refractivity contribution in [2.24, 2.45) is 11.5 Å². The monoisotopic (exact) mass is 172 g/mol. The molecule has 0 aliphatic rings. The summed E-state index contributed by atoms with van der Waals surface area (Å²) in [5, 5.41) is 4.43. The molecule has 12 heavy (non-hydrogen) atoms. The van der Waals surface area contributed by atoms with Crippen molar-refractivity contribution in [3.05, 3.63) is 13.1 Å². The largest absolute Gasteiger partial charge is 0.352 e. The third kappa shape index (κ3) is 5.33. The minimum atomic E-state index is -0.743. The fraction of sp³-hybridized carbons (Fsp3) is 0.333. The second kappa shape index (κ2) is 5.22. The number of rotatable bonds is 4. The van der Waals surface area contributed by atoms with Crippen LogP contribution in [0.4, 0.5) is 9.59 Å². The van der Waals surface area contributed by atoms with Gasteiger partial charge >= 0.3 is 12.1 Å². The average molecular weight is 172 g/mol. The summed E-state index contributed by atoms with van der Waals surface area (Å²) in [5.41, 5.74) is 9.63. The molecule has 0 heterocycles. The zero-order chi connectivity index (χ0) is 9.56. The van der Waals surface area contributed by atoms with Crippen molar-refractivity contribution in [1.82, 2.24) is 10.6 Å². The SMILES string of the molecule is [CH2]CC[C](NC(N)=O)NC(N)=O. The van der Waals surface area contributed by atoms with Crippen molar-refractivity contribution in [3.8, 4) is 0 Å². The smallest absolute Gasteiger partial charge is 0.314 e. The first kappa shape index (κ1) is 10.5. The lowest BCUT2D eigenvalue weighted by molar-refractivity contribution is 0.242. The van der Waals surface area contributed by atoms with Crippen LogP contribution in [0.1, 0.15) is 12.8 Å². The van der Waals surface area contributed by atoms with Crippen LogP contribution in [0, 0.1) is 13.1 Å². The van der Waals surface area contributed by atoms with E-state index in [4.69, 9.17) is 11.5 Å². The van der Waals surface area contributed by atoms with Crippen molar-refractivity contribution in [1.29, 1.82) is 0 Å². The van der Waals surface area contributed by atoms with Gasteiger partial charge < -0.3 is 22.1 Å². The summed E-state index contributed by atoms with van der Waals surface area (Å²) in [6.45, 7) is 3.53. The first-order valence-electron chi connectivity index (χ1n) is 3.34. The quantitative estimate of drug-likeness (QED) is 0.455. The second-order valence-corrected chi connectivity index (χ2v) is 2.06. The van der Waals surface area contributed by atoms with E-state index in [2.05, 4.69) is 17.6 Å². The Bertz CT molecular complexity index is 155. The topological polar surface area (TPSA) is 110 Å². The minimum absolute atomic E-state index is 0.269. The Hall–Kier alpha value is -1.46. The summed E-state index contributed by atoms with van der Waals surface area (Å²) in [5.74, 6) is 0. The number of hydrogen-bond acceptors (Lipinski definition) is 2. The molecule has 0 saturated heterocycles. The standard InChI is InChI=1S/C6H12N4O2/c1-2-3-4(9-5(7)11)10-6(8)12/h1-3H2,(H3,7,9,11)(H3,8,10,12). The van der Waals surface area contributed by atoms with Crippen LogP contribution in [0.3, 0.4) is 0 Å². The van der Waals surface area contributed by atoms with Crippen LogP contribution in [0.5, 0.6) is 0 Å². The molecule has 68 valence electrons. The van der Waals surface area contributed by atoms with E-state index in [0.29, 0.717) is 12.8 Å². The first-order chi connectivity index (χ1) is 5.56. The average Bonchev–Trinajstić information content (AvgIpc) is 1.84. The fourth-order valence-electron chi connectivity index (χ4n) is 0.630. The van der Waals surface area contributed by atoms with Gasteiger partial charge in [0.25, 0.3) is 0 Å². The maximum absolute atomic E-state index is 10.3. The van der Waals surface area contributed by atoms with E-state index >= 15 is 0 Å². The molecular weight excluding hydrogens is 160 g/mol. The highest BCUT2D eigenvalue weighted by Crippen LogP contribution is 1.99. The molecule has 0 aromatic carbocycles. The van der Waals surface area contributed by atoms with Gasteiger partial charge in [-0.05, 0) is 12.8 Å². The molecule has 0 aromatic heterocycles. The molecule has 2 radical (unpaired) electrons. The van der Waals surface area contributed by atoms with Crippen LogP contribution in [0.25, 0.3) is 0 Å². The van der Waals surface area contributed by atoms with E-state index in [9.17, 15) is 9.59 Å². The van der Waals surface area contributed by atoms with Crippen LogP contribution in [-0.4, -0.2) is 12.1 Å². The van der Waals surface area contributed by atoms with Gasteiger partial charge in [0.2, 0.25) is 0 Å². The summed E-state index contributed by atoms with van der Waals surface area (Å²) in [7, 11) is 0. The minimum Gasteiger partial charge on any atom is -0.352 e. The van der Waals surface area contributed by atoms with E-state index in [0.717, 1.165) is 0 Å². The van der Waals surface area contributed by atoms with Crippen molar-refractivity contribution in [3.63, 3.8) is 0 Å². The van der Waals surface area contributed by atoms with Gasteiger partial charge in [0.1, 0.15) is 0 Å². The van der Waals surface area contributed by atoms with E-state index in [-0.39, 0.29) is 6.17 Å². The van der Waals surface area contributed by atoms with Crippen LogP contribution in [0.2, 0.25) is 0 Å². The molecule has 0 atom stereocenters. The summed E-state index contributed by atoms with van der Waals surface area (Å²) in [4.78, 5) is 20.7. The predicted molar refractivity (Wildman–Crippen MR) is 43.3 cm³/mol. The first-order valence-corrected chi connectivity index (χ1v) is 3.34. The molecule has 6 nitrogen and oxygen atoms in total. The van der Waals surface area contributed by atoms with Gasteiger partial charge in [0.05, 0.1) is 0 Å². The van der Waals surface area contributed by atoms with E-state index in [1.54, 1.807) is 0 Å². The second-order valence-electron chi connectivity index (χ2n) is 2.06. The van der Waals surface area contributed by atoms with E-state index in [1.165, 1.54) is 0 Å². The van der Waals surface area contributed by atoms with Gasteiger partial charge in [0, 0.05) is 0 Å². The van der Waals surface area contributed by atoms with Crippen molar-refractivity contribution < 1.29 is 9.59 Å². The molecule has 0 aliphatic heterocycles. The molecule has 6 heteroatoms. The molecule has 0 rings (SSSR count). The number of carbonyl (C=O) groups excluding carboxylic acids is 2. The molecule has 0 saturated carbocycles. The van der Waals surface area contributed by atoms with Crippen molar-refractivity contribution in [2.45, 2.75) is 12.8 Å². The molecule has 0 bridgehead atoms. The van der Waals surface area contributed by atoms with E-state index < -0.39 is 12.1 Å². The highest BCUT2D eigenvalue weighted by Gasteiger charge is 2.11. The lowest BCUT2D eigenvalue weighted by Crippen LogP contribution is -2.45. The Balaban J connectivity index is 3.85. The Morgan fingerprint density at radius 2 is 1.58 bits per heavy atom. The Kier molecular flexibility index (Phi) is 4.59. The number of nitrogens with one attached hydrogen (secondary N) is 2. The highest BCUT2D eigenvalue weighted by atomic mass is 16.2. The Labute approximate surface area is 70.7 Å². The summed E-state index contributed by atoms with van der Waals surface area (Å²) in [6, 6.07) is -1.49. The van der Waals surface area contributed by atoms with Gasteiger partial charge in [-0.15, -0.1) is 0 Å². The van der Waals surface area contributed by atoms with Gasteiger partial charge in [0.15, 0.2) is 6.17 Å². The zero-order valence-corrected chi connectivity index (χ0v) is 6.59. The molecule has 6 N–H and O–H groups in total. The van der Waals surface area contributed by atoms with Crippen LogP contribution in [-0.2, 0) is 0 Å². The number of hydrogen-bond donors (Lipinski definition) is 4. The maximum Gasteiger partial charge on any atom is 0.314 e. The summed E-state index contributed by atoms with van der Waals surface area (Å²) >= 11 is 0. The van der Waals surface area contributed by atoms with Gasteiger partial charge in [-0.3, -0.25) is 0 Å². The zero-order valence-electron chi connectivity index (χ0n) is 6.59. The van der Waals surface area contributed by atoms with Crippen LogP contribution in [0.15, 0.2) is 0 Å². The normalized spacial score (nSPS) is 9.50. The summed E-state index contributed by atoms with van der Waals surface area (Å²) in [6.07, 6.45) is 1.20. The van der Waals surface area contributed by atoms with Crippen LogP contribution >= 0.6 is 0 Å². The molecule has 0 spiro atoms.